The Morgan fingerprint density at radius 1 is 1.24 bits per heavy atom. The molecule has 0 spiro atoms. The van der Waals surface area contributed by atoms with Gasteiger partial charge in [-0.3, -0.25) is 14.2 Å². The fourth-order valence-corrected chi connectivity index (χ4v) is 4.01. The van der Waals surface area contributed by atoms with Gasteiger partial charge in [0.1, 0.15) is 17.0 Å². The second kappa shape index (κ2) is 8.02. The molecule has 9 heteroatoms. The first-order chi connectivity index (χ1) is 14.0. The lowest BCUT2D eigenvalue weighted by Crippen LogP contribution is -2.27. The van der Waals surface area contributed by atoms with Crippen molar-refractivity contribution in [2.24, 2.45) is 0 Å². The number of nitrogens with one attached hydrogen (secondary N) is 1. The van der Waals surface area contributed by atoms with E-state index in [0.717, 1.165) is 16.2 Å². The Hall–Kier alpha value is -3.23. The Morgan fingerprint density at radius 3 is 2.76 bits per heavy atom. The molecule has 29 heavy (non-hydrogen) atoms. The Balaban J connectivity index is 1.59. The number of ether oxygens (including phenoxy) is 1. The van der Waals surface area contributed by atoms with Crippen LogP contribution in [-0.2, 0) is 11.3 Å². The number of halogens is 1. The van der Waals surface area contributed by atoms with E-state index in [4.69, 9.17) is 16.3 Å². The van der Waals surface area contributed by atoms with Gasteiger partial charge in [-0.2, -0.15) is 0 Å². The molecule has 0 unspecified atom stereocenters. The molecule has 0 atom stereocenters. The number of pyridine rings is 1. The Morgan fingerprint density at radius 2 is 2.03 bits per heavy atom. The minimum Gasteiger partial charge on any atom is -0.497 e. The van der Waals surface area contributed by atoms with Gasteiger partial charge >= 0.3 is 0 Å². The molecule has 0 radical (unpaired) electrons. The first-order valence-electron chi connectivity index (χ1n) is 8.59. The molecular weight excluding hydrogens is 412 g/mol. The molecule has 1 aromatic carbocycles. The molecule has 1 amide bonds. The number of thiophene rings is 1. The van der Waals surface area contributed by atoms with Gasteiger partial charge in [0.25, 0.3) is 5.56 Å². The number of fused-ring (bicyclic) bond motifs is 1. The number of methoxy groups -OCH3 is 1. The number of anilines is 1. The van der Waals surface area contributed by atoms with Crippen LogP contribution in [0.25, 0.3) is 20.7 Å². The first-order valence-corrected chi connectivity index (χ1v) is 9.78. The smallest absolute Gasteiger partial charge is 0.271 e. The number of aromatic nitrogens is 3. The largest absolute Gasteiger partial charge is 0.497 e. The highest BCUT2D eigenvalue weighted by atomic mass is 35.5. The lowest BCUT2D eigenvalue weighted by Gasteiger charge is -2.07. The summed E-state index contributed by atoms with van der Waals surface area (Å²) in [6, 6.07) is 12.7. The van der Waals surface area contributed by atoms with Gasteiger partial charge in [-0.05, 0) is 48.0 Å². The standard InChI is InChI=1S/C20H15ClN4O3S/c1-28-13-6-4-12(5-7-13)16-9-15-18(29-16)20(27)25(11-23-15)10-17(26)24-14-3-2-8-22-19(14)21/h2-9,11H,10H2,1H3,(H,24,26). The summed E-state index contributed by atoms with van der Waals surface area (Å²) < 4.78 is 6.94. The lowest BCUT2D eigenvalue weighted by molar-refractivity contribution is -0.116. The topological polar surface area (TPSA) is 86.1 Å². The molecule has 0 saturated carbocycles. The summed E-state index contributed by atoms with van der Waals surface area (Å²) in [5.74, 6) is 0.366. The third-order valence-corrected chi connectivity index (χ3v) is 5.69. The van der Waals surface area contributed by atoms with Crippen molar-refractivity contribution in [1.29, 1.82) is 0 Å². The number of amides is 1. The second-order valence-electron chi connectivity index (χ2n) is 6.12. The number of benzene rings is 1. The molecule has 0 aliphatic rings. The summed E-state index contributed by atoms with van der Waals surface area (Å²) in [5.41, 5.74) is 1.67. The van der Waals surface area contributed by atoms with Crippen molar-refractivity contribution in [3.05, 3.63) is 70.5 Å². The summed E-state index contributed by atoms with van der Waals surface area (Å²) in [7, 11) is 1.61. The van der Waals surface area contributed by atoms with Crippen LogP contribution in [0.5, 0.6) is 5.75 Å². The zero-order chi connectivity index (χ0) is 20.4. The summed E-state index contributed by atoms with van der Waals surface area (Å²) in [4.78, 5) is 34.3. The van der Waals surface area contributed by atoms with E-state index >= 15 is 0 Å². The van der Waals surface area contributed by atoms with Crippen LogP contribution >= 0.6 is 22.9 Å². The average Bonchev–Trinajstić information content (AvgIpc) is 3.17. The van der Waals surface area contributed by atoms with Gasteiger partial charge in [-0.1, -0.05) is 11.6 Å². The Kier molecular flexibility index (Phi) is 5.28. The van der Waals surface area contributed by atoms with Crippen LogP contribution in [0, 0.1) is 0 Å². The van der Waals surface area contributed by atoms with E-state index in [1.54, 1.807) is 19.2 Å². The Bertz CT molecular complexity index is 1250. The number of hydrogen-bond acceptors (Lipinski definition) is 6. The number of nitrogens with zero attached hydrogens (tertiary/aromatic N) is 3. The van der Waals surface area contributed by atoms with E-state index in [1.807, 2.05) is 30.3 Å². The molecule has 4 aromatic rings. The molecule has 146 valence electrons. The van der Waals surface area contributed by atoms with Gasteiger partial charge < -0.3 is 10.1 Å². The number of carbonyl (C=O) groups is 1. The molecule has 7 nitrogen and oxygen atoms in total. The van der Waals surface area contributed by atoms with Gasteiger partial charge in [0.15, 0.2) is 5.15 Å². The molecule has 0 bridgehead atoms. The number of carbonyl (C=O) groups excluding carboxylic acids is 1. The molecule has 0 aliphatic heterocycles. The predicted molar refractivity (Wildman–Crippen MR) is 114 cm³/mol. The number of hydrogen-bond donors (Lipinski definition) is 1. The van der Waals surface area contributed by atoms with E-state index < -0.39 is 5.91 Å². The highest BCUT2D eigenvalue weighted by molar-refractivity contribution is 7.22. The minimum absolute atomic E-state index is 0.178. The van der Waals surface area contributed by atoms with Crippen LogP contribution in [0.3, 0.4) is 0 Å². The van der Waals surface area contributed by atoms with Crippen LogP contribution in [0.1, 0.15) is 0 Å². The van der Waals surface area contributed by atoms with Crippen molar-refractivity contribution in [3.63, 3.8) is 0 Å². The molecule has 0 fully saturated rings. The maximum atomic E-state index is 12.8. The van der Waals surface area contributed by atoms with Crippen molar-refractivity contribution in [2.45, 2.75) is 6.54 Å². The fourth-order valence-electron chi connectivity index (χ4n) is 2.78. The maximum Gasteiger partial charge on any atom is 0.271 e. The highest BCUT2D eigenvalue weighted by Crippen LogP contribution is 2.31. The van der Waals surface area contributed by atoms with Crippen LogP contribution in [-0.4, -0.2) is 27.6 Å². The summed E-state index contributed by atoms with van der Waals surface area (Å²) in [6.07, 6.45) is 2.90. The van der Waals surface area contributed by atoms with Crippen LogP contribution in [0.2, 0.25) is 5.15 Å². The van der Waals surface area contributed by atoms with Crippen LogP contribution in [0.15, 0.2) is 59.8 Å². The van der Waals surface area contributed by atoms with E-state index in [9.17, 15) is 9.59 Å². The van der Waals surface area contributed by atoms with E-state index in [-0.39, 0.29) is 17.3 Å². The molecule has 0 saturated heterocycles. The Labute approximate surface area is 174 Å². The molecule has 4 rings (SSSR count). The van der Waals surface area contributed by atoms with Crippen molar-refractivity contribution >= 4 is 44.7 Å². The average molecular weight is 427 g/mol. The monoisotopic (exact) mass is 426 g/mol. The normalized spacial score (nSPS) is 10.8. The molecule has 3 heterocycles. The highest BCUT2D eigenvalue weighted by Gasteiger charge is 2.13. The van der Waals surface area contributed by atoms with Gasteiger partial charge in [-0.15, -0.1) is 11.3 Å². The van der Waals surface area contributed by atoms with Crippen molar-refractivity contribution in [1.82, 2.24) is 14.5 Å². The predicted octanol–water partition coefficient (Wildman–Crippen LogP) is 3.82. The minimum atomic E-state index is -0.393. The molecule has 0 aliphatic carbocycles. The zero-order valence-electron chi connectivity index (χ0n) is 15.3. The van der Waals surface area contributed by atoms with Gasteiger partial charge in [0, 0.05) is 11.1 Å². The summed E-state index contributed by atoms with van der Waals surface area (Å²) in [6.45, 7) is -0.178. The van der Waals surface area contributed by atoms with Crippen LogP contribution < -0.4 is 15.6 Å². The summed E-state index contributed by atoms with van der Waals surface area (Å²) >= 11 is 7.29. The SMILES string of the molecule is COc1ccc(-c2cc3ncn(CC(=O)Nc4cccnc4Cl)c(=O)c3s2)cc1. The van der Waals surface area contributed by atoms with Crippen molar-refractivity contribution in [3.8, 4) is 16.2 Å². The summed E-state index contributed by atoms with van der Waals surface area (Å²) in [5, 5.41) is 2.83. The van der Waals surface area contributed by atoms with E-state index in [0.29, 0.717) is 15.9 Å². The quantitative estimate of drug-likeness (QED) is 0.490. The van der Waals surface area contributed by atoms with Gasteiger partial charge in [0.2, 0.25) is 5.91 Å². The van der Waals surface area contributed by atoms with Crippen molar-refractivity contribution < 1.29 is 9.53 Å². The van der Waals surface area contributed by atoms with Crippen LogP contribution in [0.4, 0.5) is 5.69 Å². The molecule has 3 aromatic heterocycles. The van der Waals surface area contributed by atoms with Gasteiger partial charge in [0.05, 0.1) is 24.6 Å². The maximum absolute atomic E-state index is 12.8. The van der Waals surface area contributed by atoms with Gasteiger partial charge in [-0.25, -0.2) is 9.97 Å². The van der Waals surface area contributed by atoms with E-state index in [1.165, 1.54) is 28.4 Å². The molecule has 1 N–H and O–H groups in total. The third kappa shape index (κ3) is 3.98. The molecular formula is C20H15ClN4O3S. The second-order valence-corrected chi connectivity index (χ2v) is 7.53. The first kappa shape index (κ1) is 19.1. The zero-order valence-corrected chi connectivity index (χ0v) is 16.8. The fraction of sp³-hybridized carbons (Fsp3) is 0.100. The lowest BCUT2D eigenvalue weighted by atomic mass is 10.2. The number of rotatable bonds is 5. The van der Waals surface area contributed by atoms with E-state index in [2.05, 4.69) is 15.3 Å². The third-order valence-electron chi connectivity index (χ3n) is 4.23. The van der Waals surface area contributed by atoms with Crippen molar-refractivity contribution in [2.75, 3.05) is 12.4 Å².